The standard InChI is InChI=1S/C20H26N2O4/c23-18(21-12-9-20(10-13-21)15-25-19(24)26-20)17-8-4-5-11-22(17)14-16-6-2-1-3-7-16/h1-3,6-7,17H,4-5,8-15H2/t17-/m0/s1. The number of piperidine rings is 2. The van der Waals surface area contributed by atoms with Gasteiger partial charge in [-0.25, -0.2) is 4.79 Å². The molecule has 3 fully saturated rings. The molecule has 0 saturated carbocycles. The molecule has 3 saturated heterocycles. The Kier molecular flexibility index (Phi) is 4.85. The third kappa shape index (κ3) is 3.56. The number of rotatable bonds is 3. The van der Waals surface area contributed by atoms with E-state index in [9.17, 15) is 9.59 Å². The molecule has 0 unspecified atom stereocenters. The lowest BCUT2D eigenvalue weighted by molar-refractivity contribution is -0.142. The van der Waals surface area contributed by atoms with E-state index in [0.29, 0.717) is 32.5 Å². The largest absolute Gasteiger partial charge is 0.509 e. The minimum atomic E-state index is -0.578. The van der Waals surface area contributed by atoms with Crippen molar-refractivity contribution >= 4 is 12.1 Å². The highest BCUT2D eigenvalue weighted by Gasteiger charge is 2.46. The van der Waals surface area contributed by atoms with Crippen molar-refractivity contribution in [2.45, 2.75) is 50.3 Å². The van der Waals surface area contributed by atoms with Crippen LogP contribution in [0.5, 0.6) is 0 Å². The molecule has 4 rings (SSSR count). The highest BCUT2D eigenvalue weighted by Crippen LogP contribution is 2.32. The molecule has 3 heterocycles. The predicted octanol–water partition coefficient (Wildman–Crippen LogP) is 2.57. The van der Waals surface area contributed by atoms with Crippen molar-refractivity contribution in [3.63, 3.8) is 0 Å². The molecule has 1 aromatic carbocycles. The molecule has 1 spiro atoms. The van der Waals surface area contributed by atoms with Gasteiger partial charge in [-0.05, 0) is 24.9 Å². The summed E-state index contributed by atoms with van der Waals surface area (Å²) in [6.07, 6.45) is 3.92. The van der Waals surface area contributed by atoms with Crippen LogP contribution < -0.4 is 0 Å². The van der Waals surface area contributed by atoms with Crippen LogP contribution in [0.1, 0.15) is 37.7 Å². The molecule has 3 aliphatic heterocycles. The number of carbonyl (C=O) groups is 2. The molecule has 3 aliphatic rings. The number of ether oxygens (including phenoxy) is 2. The highest BCUT2D eigenvalue weighted by molar-refractivity contribution is 5.82. The fraction of sp³-hybridized carbons (Fsp3) is 0.600. The second-order valence-electron chi connectivity index (χ2n) is 7.62. The fourth-order valence-corrected chi connectivity index (χ4v) is 4.30. The van der Waals surface area contributed by atoms with Crippen LogP contribution in [-0.4, -0.2) is 59.7 Å². The fourth-order valence-electron chi connectivity index (χ4n) is 4.30. The average molecular weight is 358 g/mol. The maximum atomic E-state index is 13.2. The molecule has 0 radical (unpaired) electrons. The van der Waals surface area contributed by atoms with E-state index in [-0.39, 0.29) is 11.9 Å². The molecule has 26 heavy (non-hydrogen) atoms. The second-order valence-corrected chi connectivity index (χ2v) is 7.62. The van der Waals surface area contributed by atoms with Crippen molar-refractivity contribution < 1.29 is 19.1 Å². The van der Waals surface area contributed by atoms with Gasteiger partial charge in [0.25, 0.3) is 0 Å². The number of likely N-dealkylation sites (tertiary alicyclic amines) is 2. The predicted molar refractivity (Wildman–Crippen MR) is 95.5 cm³/mol. The third-order valence-corrected chi connectivity index (χ3v) is 5.87. The lowest BCUT2D eigenvalue weighted by Crippen LogP contribution is -2.55. The van der Waals surface area contributed by atoms with Crippen LogP contribution in [0.15, 0.2) is 30.3 Å². The minimum absolute atomic E-state index is 0.0413. The van der Waals surface area contributed by atoms with E-state index in [0.717, 1.165) is 32.4 Å². The Balaban J connectivity index is 1.39. The number of nitrogens with zero attached hydrogens (tertiary/aromatic N) is 2. The summed E-state index contributed by atoms with van der Waals surface area (Å²) in [5, 5.41) is 0. The Morgan fingerprint density at radius 1 is 1.12 bits per heavy atom. The smallest absolute Gasteiger partial charge is 0.430 e. The van der Waals surface area contributed by atoms with E-state index in [2.05, 4.69) is 17.0 Å². The minimum Gasteiger partial charge on any atom is -0.430 e. The van der Waals surface area contributed by atoms with E-state index in [1.165, 1.54) is 5.56 Å². The van der Waals surface area contributed by atoms with Gasteiger partial charge < -0.3 is 14.4 Å². The summed E-state index contributed by atoms with van der Waals surface area (Å²) in [6, 6.07) is 10.3. The summed E-state index contributed by atoms with van der Waals surface area (Å²) in [5.74, 6) is 0.223. The van der Waals surface area contributed by atoms with Gasteiger partial charge in [0.05, 0.1) is 6.04 Å². The Morgan fingerprint density at radius 3 is 2.58 bits per heavy atom. The van der Waals surface area contributed by atoms with E-state index in [4.69, 9.17) is 9.47 Å². The number of benzene rings is 1. The number of carbonyl (C=O) groups excluding carboxylic acids is 2. The van der Waals surface area contributed by atoms with Crippen molar-refractivity contribution in [1.29, 1.82) is 0 Å². The van der Waals surface area contributed by atoms with E-state index >= 15 is 0 Å². The normalized spacial score (nSPS) is 25.8. The molecule has 6 heteroatoms. The van der Waals surface area contributed by atoms with Crippen LogP contribution in [0.4, 0.5) is 4.79 Å². The molecule has 1 atom stereocenters. The summed E-state index contributed by atoms with van der Waals surface area (Å²) in [4.78, 5) is 28.7. The van der Waals surface area contributed by atoms with Gasteiger partial charge in [0.1, 0.15) is 6.61 Å². The van der Waals surface area contributed by atoms with Gasteiger partial charge >= 0.3 is 6.16 Å². The van der Waals surface area contributed by atoms with Crippen molar-refractivity contribution in [2.75, 3.05) is 26.2 Å². The Morgan fingerprint density at radius 2 is 1.88 bits per heavy atom. The summed E-state index contributed by atoms with van der Waals surface area (Å²) < 4.78 is 10.3. The lowest BCUT2D eigenvalue weighted by Gasteiger charge is -2.41. The van der Waals surface area contributed by atoms with Crippen LogP contribution in [0.2, 0.25) is 0 Å². The summed E-state index contributed by atoms with van der Waals surface area (Å²) >= 11 is 0. The SMILES string of the molecule is O=C1OCC2(CCN(C(=O)[C@@H]3CCCCN3Cc3ccccc3)CC2)O1. The highest BCUT2D eigenvalue weighted by atomic mass is 16.8. The van der Waals surface area contributed by atoms with Crippen molar-refractivity contribution in [3.8, 4) is 0 Å². The topological polar surface area (TPSA) is 59.1 Å². The first-order valence-electron chi connectivity index (χ1n) is 9.58. The van der Waals surface area contributed by atoms with Gasteiger partial charge in [0, 0.05) is 32.5 Å². The molecule has 0 aromatic heterocycles. The molecular weight excluding hydrogens is 332 g/mol. The number of cyclic esters (lactones) is 1. The molecular formula is C20H26N2O4. The Hall–Kier alpha value is -2.08. The van der Waals surface area contributed by atoms with Crippen LogP contribution in [-0.2, 0) is 20.8 Å². The van der Waals surface area contributed by atoms with E-state index in [1.54, 1.807) is 0 Å². The first-order valence-corrected chi connectivity index (χ1v) is 9.58. The zero-order chi connectivity index (χ0) is 18.0. The third-order valence-electron chi connectivity index (χ3n) is 5.87. The number of amides is 1. The maximum absolute atomic E-state index is 13.2. The van der Waals surface area contributed by atoms with Gasteiger partial charge in [-0.2, -0.15) is 0 Å². The van der Waals surface area contributed by atoms with Crippen LogP contribution in [0.3, 0.4) is 0 Å². The maximum Gasteiger partial charge on any atom is 0.509 e. The van der Waals surface area contributed by atoms with E-state index < -0.39 is 11.8 Å². The van der Waals surface area contributed by atoms with E-state index in [1.807, 2.05) is 23.1 Å². The van der Waals surface area contributed by atoms with Gasteiger partial charge in [0.2, 0.25) is 5.91 Å². The quantitative estimate of drug-likeness (QED) is 0.777. The van der Waals surface area contributed by atoms with Gasteiger partial charge in [0.15, 0.2) is 5.60 Å². The molecule has 6 nitrogen and oxygen atoms in total. The first kappa shape index (κ1) is 17.3. The second kappa shape index (κ2) is 7.27. The summed E-state index contributed by atoms with van der Waals surface area (Å²) in [5.41, 5.74) is 0.740. The molecule has 140 valence electrons. The average Bonchev–Trinajstić information content (AvgIpc) is 3.03. The molecule has 1 aromatic rings. The summed E-state index contributed by atoms with van der Waals surface area (Å²) in [6.45, 7) is 3.36. The van der Waals surface area contributed by atoms with Crippen molar-refractivity contribution in [3.05, 3.63) is 35.9 Å². The Labute approximate surface area is 154 Å². The molecule has 0 N–H and O–H groups in total. The van der Waals surface area contributed by atoms with Gasteiger partial charge in [-0.3, -0.25) is 9.69 Å². The Bertz CT molecular complexity index is 655. The van der Waals surface area contributed by atoms with Crippen molar-refractivity contribution in [2.24, 2.45) is 0 Å². The van der Waals surface area contributed by atoms with Crippen LogP contribution >= 0.6 is 0 Å². The van der Waals surface area contributed by atoms with Gasteiger partial charge in [-0.1, -0.05) is 36.8 Å². The zero-order valence-corrected chi connectivity index (χ0v) is 15.1. The molecule has 1 amide bonds. The first-order chi connectivity index (χ1) is 12.7. The molecule has 0 aliphatic carbocycles. The van der Waals surface area contributed by atoms with Crippen molar-refractivity contribution in [1.82, 2.24) is 9.80 Å². The van der Waals surface area contributed by atoms with Gasteiger partial charge in [-0.15, -0.1) is 0 Å². The molecule has 0 bridgehead atoms. The zero-order valence-electron chi connectivity index (χ0n) is 15.1. The lowest BCUT2D eigenvalue weighted by atomic mass is 9.91. The monoisotopic (exact) mass is 358 g/mol. The summed E-state index contributed by atoms with van der Waals surface area (Å²) in [7, 11) is 0. The van der Waals surface area contributed by atoms with Crippen LogP contribution in [0, 0.1) is 0 Å². The number of hydrogen-bond acceptors (Lipinski definition) is 5. The van der Waals surface area contributed by atoms with Crippen LogP contribution in [0.25, 0.3) is 0 Å². The number of hydrogen-bond donors (Lipinski definition) is 0.